The number of carbonyl (C=O) groups is 1. The van der Waals surface area contributed by atoms with Gasteiger partial charge in [0.2, 0.25) is 0 Å². The average molecular weight is 428 g/mol. The van der Waals surface area contributed by atoms with Crippen molar-refractivity contribution in [1.29, 1.82) is 0 Å². The van der Waals surface area contributed by atoms with E-state index in [2.05, 4.69) is 20.6 Å². The van der Waals surface area contributed by atoms with E-state index in [0.29, 0.717) is 22.3 Å². The van der Waals surface area contributed by atoms with Crippen LogP contribution in [-0.4, -0.2) is 28.0 Å². The number of hydrogen-bond donors (Lipinski definition) is 2. The highest BCUT2D eigenvalue weighted by atomic mass is 19.4. The quantitative estimate of drug-likeness (QED) is 0.606. The number of alkyl halides is 3. The number of aromatic nitrogens is 2. The van der Waals surface area contributed by atoms with E-state index in [9.17, 15) is 18.0 Å². The number of para-hydroxylation sites is 1. The van der Waals surface area contributed by atoms with Gasteiger partial charge in [-0.15, -0.1) is 0 Å². The highest BCUT2D eigenvalue weighted by Gasteiger charge is 2.33. The lowest BCUT2D eigenvalue weighted by molar-refractivity contribution is -0.140. The molecule has 0 aliphatic heterocycles. The van der Waals surface area contributed by atoms with Crippen molar-refractivity contribution in [1.82, 2.24) is 15.3 Å². The third kappa shape index (κ3) is 4.95. The van der Waals surface area contributed by atoms with Crippen LogP contribution in [0.5, 0.6) is 0 Å². The first kappa shape index (κ1) is 21.1. The topological polar surface area (TPSA) is 66.9 Å². The second-order valence-corrected chi connectivity index (χ2v) is 7.95. The first-order chi connectivity index (χ1) is 14.8. The summed E-state index contributed by atoms with van der Waals surface area (Å²) in [5, 5.41) is 6.97. The van der Waals surface area contributed by atoms with Crippen LogP contribution in [0.25, 0.3) is 10.9 Å². The van der Waals surface area contributed by atoms with Gasteiger partial charge in [0.05, 0.1) is 5.52 Å². The van der Waals surface area contributed by atoms with E-state index in [-0.39, 0.29) is 18.0 Å². The zero-order valence-electron chi connectivity index (χ0n) is 17.0. The molecule has 2 heterocycles. The van der Waals surface area contributed by atoms with E-state index >= 15 is 0 Å². The highest BCUT2D eigenvalue weighted by Crippen LogP contribution is 2.34. The van der Waals surface area contributed by atoms with Crippen molar-refractivity contribution in [3.05, 3.63) is 65.6 Å². The van der Waals surface area contributed by atoms with E-state index in [1.165, 1.54) is 0 Å². The van der Waals surface area contributed by atoms with Crippen LogP contribution in [0.15, 0.2) is 48.7 Å². The Kier molecular flexibility index (Phi) is 5.80. The maximum atomic E-state index is 13.3. The molecular weight excluding hydrogens is 405 g/mol. The summed E-state index contributed by atoms with van der Waals surface area (Å²) in [4.78, 5) is 20.3. The van der Waals surface area contributed by atoms with E-state index < -0.39 is 11.9 Å². The Balaban J connectivity index is 1.42. The molecule has 1 saturated carbocycles. The Morgan fingerprint density at radius 1 is 1.03 bits per heavy atom. The van der Waals surface area contributed by atoms with Gasteiger partial charge in [0.1, 0.15) is 11.4 Å². The summed E-state index contributed by atoms with van der Waals surface area (Å²) in [6, 6.07) is 11.5. The Morgan fingerprint density at radius 2 is 1.74 bits per heavy atom. The predicted octanol–water partition coefficient (Wildman–Crippen LogP) is 5.11. The molecule has 8 heteroatoms. The van der Waals surface area contributed by atoms with Gasteiger partial charge in [0.15, 0.2) is 0 Å². The summed E-state index contributed by atoms with van der Waals surface area (Å²) in [6.45, 7) is 1.91. The zero-order chi connectivity index (χ0) is 22.0. The molecule has 0 radical (unpaired) electrons. The Hall–Kier alpha value is -3.16. The Morgan fingerprint density at radius 3 is 2.45 bits per heavy atom. The molecule has 1 fully saturated rings. The molecule has 0 unspecified atom stereocenters. The molecule has 2 aromatic heterocycles. The molecule has 3 aromatic rings. The van der Waals surface area contributed by atoms with Gasteiger partial charge in [0.25, 0.3) is 5.91 Å². The molecule has 1 aromatic carbocycles. The monoisotopic (exact) mass is 428 g/mol. The first-order valence-electron chi connectivity index (χ1n) is 10.3. The summed E-state index contributed by atoms with van der Waals surface area (Å²) >= 11 is 0. The molecular formula is C23H23F3N4O. The summed E-state index contributed by atoms with van der Waals surface area (Å²) < 4.78 is 39.8. The summed E-state index contributed by atoms with van der Waals surface area (Å²) in [6.07, 6.45) is 0.0642. The van der Waals surface area contributed by atoms with Crippen LogP contribution < -0.4 is 10.6 Å². The lowest BCUT2D eigenvalue weighted by Gasteiger charge is -2.30. The van der Waals surface area contributed by atoms with Crippen molar-refractivity contribution < 1.29 is 18.0 Å². The number of nitrogens with one attached hydrogen (secondary N) is 2. The van der Waals surface area contributed by atoms with E-state index in [4.69, 9.17) is 0 Å². The van der Waals surface area contributed by atoms with Crippen molar-refractivity contribution in [2.75, 3.05) is 5.32 Å². The predicted molar refractivity (Wildman–Crippen MR) is 113 cm³/mol. The highest BCUT2D eigenvalue weighted by molar-refractivity contribution is 5.93. The number of hydrogen-bond acceptors (Lipinski definition) is 4. The molecule has 4 rings (SSSR count). The number of pyridine rings is 2. The fourth-order valence-electron chi connectivity index (χ4n) is 3.96. The minimum absolute atomic E-state index is 0.0211. The molecule has 1 aliphatic carbocycles. The SMILES string of the molecule is Cc1ccnc(C(=O)NC2CCC(Nc3cc(C(F)(F)F)nc4ccccc34)CC2)c1. The van der Waals surface area contributed by atoms with Crippen LogP contribution in [-0.2, 0) is 6.18 Å². The molecule has 2 N–H and O–H groups in total. The minimum Gasteiger partial charge on any atom is -0.382 e. The molecule has 0 atom stereocenters. The molecule has 0 bridgehead atoms. The Labute approximate surface area is 178 Å². The second-order valence-electron chi connectivity index (χ2n) is 7.95. The number of halogens is 3. The van der Waals surface area contributed by atoms with E-state index in [0.717, 1.165) is 37.3 Å². The van der Waals surface area contributed by atoms with Gasteiger partial charge in [-0.2, -0.15) is 13.2 Å². The van der Waals surface area contributed by atoms with Crippen LogP contribution in [0, 0.1) is 6.92 Å². The lowest BCUT2D eigenvalue weighted by atomic mass is 9.90. The molecule has 1 aliphatic rings. The van der Waals surface area contributed by atoms with Crippen molar-refractivity contribution in [3.63, 3.8) is 0 Å². The number of anilines is 1. The first-order valence-corrected chi connectivity index (χ1v) is 10.3. The number of rotatable bonds is 4. The van der Waals surface area contributed by atoms with Crippen LogP contribution >= 0.6 is 0 Å². The number of carbonyl (C=O) groups excluding carboxylic acids is 1. The van der Waals surface area contributed by atoms with Gasteiger partial charge in [-0.3, -0.25) is 9.78 Å². The molecule has 5 nitrogen and oxygen atoms in total. The van der Waals surface area contributed by atoms with Gasteiger partial charge < -0.3 is 10.6 Å². The standard InChI is InChI=1S/C23H23F3N4O/c1-14-10-11-27-20(12-14)22(31)29-16-8-6-15(7-9-16)28-19-13-21(23(24,25)26)30-18-5-3-2-4-17(18)19/h2-5,10-13,15-16H,6-9H2,1H3,(H,28,30)(H,29,31). The largest absolute Gasteiger partial charge is 0.433 e. The van der Waals surface area contributed by atoms with Gasteiger partial charge >= 0.3 is 6.18 Å². The van der Waals surface area contributed by atoms with Gasteiger partial charge in [-0.1, -0.05) is 18.2 Å². The second kappa shape index (κ2) is 8.53. The fraction of sp³-hybridized carbons (Fsp3) is 0.348. The van der Waals surface area contributed by atoms with Crippen LogP contribution in [0.3, 0.4) is 0 Å². The van der Waals surface area contributed by atoms with Crippen molar-refractivity contribution >= 4 is 22.5 Å². The molecule has 0 spiro atoms. The molecule has 31 heavy (non-hydrogen) atoms. The van der Waals surface area contributed by atoms with E-state index in [1.807, 2.05) is 13.0 Å². The number of aryl methyl sites for hydroxylation is 1. The third-order valence-electron chi connectivity index (χ3n) is 5.58. The summed E-state index contributed by atoms with van der Waals surface area (Å²) in [7, 11) is 0. The number of benzene rings is 1. The summed E-state index contributed by atoms with van der Waals surface area (Å²) in [5.74, 6) is -0.199. The third-order valence-corrected chi connectivity index (χ3v) is 5.58. The number of amides is 1. The maximum absolute atomic E-state index is 13.3. The fourth-order valence-corrected chi connectivity index (χ4v) is 3.96. The molecule has 162 valence electrons. The van der Waals surface area contributed by atoms with Crippen LogP contribution in [0.1, 0.15) is 47.4 Å². The normalized spacial score (nSPS) is 19.2. The number of nitrogens with zero attached hydrogens (tertiary/aromatic N) is 2. The van der Waals surface area contributed by atoms with Gasteiger partial charge in [0, 0.05) is 29.4 Å². The van der Waals surface area contributed by atoms with Gasteiger partial charge in [-0.25, -0.2) is 4.98 Å². The lowest BCUT2D eigenvalue weighted by Crippen LogP contribution is -2.40. The van der Waals surface area contributed by atoms with Crippen molar-refractivity contribution in [2.24, 2.45) is 0 Å². The smallest absolute Gasteiger partial charge is 0.382 e. The van der Waals surface area contributed by atoms with Crippen molar-refractivity contribution in [3.8, 4) is 0 Å². The van der Waals surface area contributed by atoms with Gasteiger partial charge in [-0.05, 0) is 62.4 Å². The van der Waals surface area contributed by atoms with Crippen molar-refractivity contribution in [2.45, 2.75) is 50.9 Å². The maximum Gasteiger partial charge on any atom is 0.433 e. The van der Waals surface area contributed by atoms with Crippen LogP contribution in [0.4, 0.5) is 18.9 Å². The Bertz CT molecular complexity index is 1090. The zero-order valence-corrected chi connectivity index (χ0v) is 17.0. The van der Waals surface area contributed by atoms with E-state index in [1.54, 1.807) is 36.5 Å². The average Bonchev–Trinajstić information content (AvgIpc) is 2.74. The minimum atomic E-state index is -4.51. The molecule has 0 saturated heterocycles. The summed E-state index contributed by atoms with van der Waals surface area (Å²) in [5.41, 5.74) is 1.21. The number of fused-ring (bicyclic) bond motifs is 1. The van der Waals surface area contributed by atoms with Crippen LogP contribution in [0.2, 0.25) is 0 Å². The molecule has 1 amide bonds.